The van der Waals surface area contributed by atoms with Gasteiger partial charge in [-0.2, -0.15) is 18.3 Å². The molecule has 1 saturated heterocycles. The van der Waals surface area contributed by atoms with E-state index in [1.165, 1.54) is 24.1 Å². The number of anilines is 1. The molecule has 1 saturated carbocycles. The Labute approximate surface area is 153 Å². The van der Waals surface area contributed by atoms with Gasteiger partial charge in [-0.05, 0) is 57.0 Å². The van der Waals surface area contributed by atoms with Gasteiger partial charge in [-0.15, -0.1) is 0 Å². The maximum atomic E-state index is 13.6. The summed E-state index contributed by atoms with van der Waals surface area (Å²) in [5, 5.41) is 7.72. The van der Waals surface area contributed by atoms with Gasteiger partial charge >= 0.3 is 6.18 Å². The summed E-state index contributed by atoms with van der Waals surface area (Å²) < 4.78 is 42.0. The first-order valence-corrected chi connectivity index (χ1v) is 9.96. The average molecular weight is 370 g/mol. The van der Waals surface area contributed by atoms with Crippen molar-refractivity contribution in [3.63, 3.8) is 0 Å². The summed E-state index contributed by atoms with van der Waals surface area (Å²) in [7, 11) is 0. The highest BCUT2D eigenvalue weighted by molar-refractivity contribution is 5.42. The third kappa shape index (κ3) is 3.73. The van der Waals surface area contributed by atoms with Crippen LogP contribution in [0.25, 0.3) is 0 Å². The van der Waals surface area contributed by atoms with Gasteiger partial charge in [0, 0.05) is 24.6 Å². The largest absolute Gasteiger partial charge is 0.410 e. The van der Waals surface area contributed by atoms with Gasteiger partial charge in [-0.1, -0.05) is 13.8 Å². The summed E-state index contributed by atoms with van der Waals surface area (Å²) in [5.41, 5.74) is 0.831. The summed E-state index contributed by atoms with van der Waals surface area (Å²) in [6.45, 7) is 7.20. The molecule has 3 aliphatic rings. The van der Waals surface area contributed by atoms with Gasteiger partial charge in [-0.25, -0.2) is 4.68 Å². The summed E-state index contributed by atoms with van der Waals surface area (Å²) in [6.07, 6.45) is 0.487. The molecule has 7 heteroatoms. The quantitative estimate of drug-likeness (QED) is 0.852. The number of nitrogens with zero attached hydrogens (tertiary/aromatic N) is 3. The normalized spacial score (nSPS) is 28.2. The van der Waals surface area contributed by atoms with E-state index in [0.29, 0.717) is 5.82 Å². The van der Waals surface area contributed by atoms with Crippen LogP contribution in [0.15, 0.2) is 6.07 Å². The molecule has 0 spiro atoms. The van der Waals surface area contributed by atoms with E-state index in [4.69, 9.17) is 0 Å². The fourth-order valence-corrected chi connectivity index (χ4v) is 4.34. The molecular weight excluding hydrogens is 341 g/mol. The Kier molecular flexibility index (Phi) is 4.70. The predicted octanol–water partition coefficient (Wildman–Crippen LogP) is 4.42. The van der Waals surface area contributed by atoms with E-state index in [1.54, 1.807) is 0 Å². The molecule has 1 N–H and O–H groups in total. The van der Waals surface area contributed by atoms with Crippen molar-refractivity contribution in [3.05, 3.63) is 11.8 Å². The third-order valence-corrected chi connectivity index (χ3v) is 6.26. The molecule has 1 aliphatic carbocycles. The number of rotatable bonds is 4. The van der Waals surface area contributed by atoms with Crippen LogP contribution >= 0.6 is 0 Å². The van der Waals surface area contributed by atoms with Crippen LogP contribution in [0.1, 0.15) is 63.6 Å². The highest BCUT2D eigenvalue weighted by atomic mass is 19.4. The number of aromatic nitrogens is 2. The molecule has 1 aromatic heterocycles. The molecule has 0 aromatic carbocycles. The SMILES string of the molecule is CC(C)[C@@H]1C[C@H](C(F)(F)F)n2nc(C3CCN(CC4CC4)CC3)cc2N1. The number of hydrogen-bond acceptors (Lipinski definition) is 3. The second-order valence-corrected chi connectivity index (χ2v) is 8.71. The van der Waals surface area contributed by atoms with Crippen molar-refractivity contribution >= 4 is 5.82 Å². The van der Waals surface area contributed by atoms with E-state index in [2.05, 4.69) is 15.3 Å². The molecule has 26 heavy (non-hydrogen) atoms. The lowest BCUT2D eigenvalue weighted by Gasteiger charge is -2.35. The minimum Gasteiger partial charge on any atom is -0.367 e. The van der Waals surface area contributed by atoms with Crippen LogP contribution in [0.5, 0.6) is 0 Å². The number of halogens is 3. The standard InChI is InChI=1S/C19H29F3N4/c1-12(2)15-9-17(19(20,21)22)26-18(23-15)10-16(24-26)14-5-7-25(8-6-14)11-13-3-4-13/h10,12-15,17,23H,3-9,11H2,1-2H3/t15-,17+/m0/s1. The van der Waals surface area contributed by atoms with Crippen LogP contribution in [0.3, 0.4) is 0 Å². The number of nitrogens with one attached hydrogen (secondary N) is 1. The summed E-state index contributed by atoms with van der Waals surface area (Å²) >= 11 is 0. The number of piperidine rings is 1. The van der Waals surface area contributed by atoms with Gasteiger partial charge in [0.1, 0.15) is 5.82 Å². The molecule has 2 fully saturated rings. The van der Waals surface area contributed by atoms with E-state index in [-0.39, 0.29) is 24.3 Å². The highest BCUT2D eigenvalue weighted by Crippen LogP contribution is 2.42. The van der Waals surface area contributed by atoms with Crippen molar-refractivity contribution in [2.75, 3.05) is 25.0 Å². The van der Waals surface area contributed by atoms with Crippen LogP contribution in [-0.2, 0) is 0 Å². The third-order valence-electron chi connectivity index (χ3n) is 6.26. The van der Waals surface area contributed by atoms with Crippen molar-refractivity contribution in [2.45, 2.75) is 70.1 Å². The smallest absolute Gasteiger partial charge is 0.367 e. The molecule has 1 aromatic rings. The van der Waals surface area contributed by atoms with Gasteiger partial charge in [0.05, 0.1) is 5.69 Å². The van der Waals surface area contributed by atoms with E-state index in [9.17, 15) is 13.2 Å². The monoisotopic (exact) mass is 370 g/mol. The molecule has 2 atom stereocenters. The van der Waals surface area contributed by atoms with Gasteiger partial charge in [-0.3, -0.25) is 0 Å². The molecule has 0 bridgehead atoms. The van der Waals surface area contributed by atoms with Gasteiger partial charge < -0.3 is 10.2 Å². The second-order valence-electron chi connectivity index (χ2n) is 8.71. The lowest BCUT2D eigenvalue weighted by Crippen LogP contribution is -2.41. The lowest BCUT2D eigenvalue weighted by atomic mass is 9.93. The van der Waals surface area contributed by atoms with E-state index >= 15 is 0 Å². The Morgan fingerprint density at radius 3 is 2.46 bits per heavy atom. The number of hydrogen-bond donors (Lipinski definition) is 1. The van der Waals surface area contributed by atoms with Gasteiger partial charge in [0.2, 0.25) is 0 Å². The van der Waals surface area contributed by atoms with E-state index in [0.717, 1.165) is 37.5 Å². The zero-order chi connectivity index (χ0) is 18.5. The van der Waals surface area contributed by atoms with Crippen LogP contribution in [0.4, 0.5) is 19.0 Å². The first-order valence-electron chi connectivity index (χ1n) is 9.96. The minimum atomic E-state index is -4.26. The Hall–Kier alpha value is -1.24. The Morgan fingerprint density at radius 1 is 1.19 bits per heavy atom. The molecule has 0 amide bonds. The first kappa shape index (κ1) is 18.1. The Balaban J connectivity index is 1.49. The van der Waals surface area contributed by atoms with E-state index in [1.807, 2.05) is 19.9 Å². The molecule has 3 heterocycles. The topological polar surface area (TPSA) is 33.1 Å². The zero-order valence-electron chi connectivity index (χ0n) is 15.6. The highest BCUT2D eigenvalue weighted by Gasteiger charge is 2.47. The summed E-state index contributed by atoms with van der Waals surface area (Å²) in [4.78, 5) is 2.51. The van der Waals surface area contributed by atoms with Crippen molar-refractivity contribution in [1.82, 2.24) is 14.7 Å². The summed E-state index contributed by atoms with van der Waals surface area (Å²) in [5.74, 6) is 1.85. The fraction of sp³-hybridized carbons (Fsp3) is 0.842. The lowest BCUT2D eigenvalue weighted by molar-refractivity contribution is -0.174. The Morgan fingerprint density at radius 2 is 1.88 bits per heavy atom. The second kappa shape index (κ2) is 6.73. The molecule has 0 unspecified atom stereocenters. The predicted molar refractivity (Wildman–Crippen MR) is 95.3 cm³/mol. The van der Waals surface area contributed by atoms with Crippen molar-refractivity contribution in [3.8, 4) is 0 Å². The maximum absolute atomic E-state index is 13.6. The molecule has 2 aliphatic heterocycles. The van der Waals surface area contributed by atoms with Crippen molar-refractivity contribution in [2.24, 2.45) is 11.8 Å². The first-order chi connectivity index (χ1) is 12.3. The number of fused-ring (bicyclic) bond motifs is 1. The zero-order valence-corrected chi connectivity index (χ0v) is 15.6. The van der Waals surface area contributed by atoms with Crippen molar-refractivity contribution < 1.29 is 13.2 Å². The molecule has 4 nitrogen and oxygen atoms in total. The van der Waals surface area contributed by atoms with Gasteiger partial charge in [0.15, 0.2) is 6.04 Å². The van der Waals surface area contributed by atoms with Crippen LogP contribution in [0, 0.1) is 11.8 Å². The molecule has 4 rings (SSSR count). The summed E-state index contributed by atoms with van der Waals surface area (Å²) in [6, 6.07) is 0.183. The molecule has 0 radical (unpaired) electrons. The maximum Gasteiger partial charge on any atom is 0.410 e. The van der Waals surface area contributed by atoms with Crippen LogP contribution in [0.2, 0.25) is 0 Å². The average Bonchev–Trinajstić information content (AvgIpc) is 3.28. The molecular formula is C19H29F3N4. The van der Waals surface area contributed by atoms with E-state index < -0.39 is 12.2 Å². The number of likely N-dealkylation sites (tertiary alicyclic amines) is 1. The molecule has 146 valence electrons. The van der Waals surface area contributed by atoms with Gasteiger partial charge in [0.25, 0.3) is 0 Å². The van der Waals surface area contributed by atoms with Crippen molar-refractivity contribution in [1.29, 1.82) is 0 Å². The van der Waals surface area contributed by atoms with Crippen LogP contribution in [-0.4, -0.2) is 46.5 Å². The van der Waals surface area contributed by atoms with Crippen LogP contribution < -0.4 is 5.32 Å². The fourth-order valence-electron chi connectivity index (χ4n) is 4.34. The minimum absolute atomic E-state index is 0.0507. The Bertz CT molecular complexity index is 627. The number of alkyl halides is 3.